The Morgan fingerprint density at radius 2 is 1.93 bits per heavy atom. The maximum Gasteiger partial charge on any atom is 0.407 e. The lowest BCUT2D eigenvalue weighted by Gasteiger charge is -2.19. The first-order valence-electron chi connectivity index (χ1n) is 9.05. The molecule has 9 heteroatoms. The number of nitrogens with zero attached hydrogens (tertiary/aromatic N) is 2. The van der Waals surface area contributed by atoms with Crippen LogP contribution in [-0.4, -0.2) is 33.8 Å². The Morgan fingerprint density at radius 1 is 1.21 bits per heavy atom. The number of hydrogen-bond acceptors (Lipinski definition) is 6. The fraction of sp³-hybridized carbons (Fsp3) is 0.300. The molecule has 2 aromatic heterocycles. The molecule has 0 spiro atoms. The maximum absolute atomic E-state index is 12.9. The number of fused-ring (bicyclic) bond motifs is 1. The molecule has 0 bridgehead atoms. The van der Waals surface area contributed by atoms with Crippen LogP contribution in [-0.2, 0) is 9.53 Å². The lowest BCUT2D eigenvalue weighted by molar-refractivity contribution is -0.117. The molecule has 152 valence electrons. The van der Waals surface area contributed by atoms with Crippen molar-refractivity contribution >= 4 is 33.6 Å². The molecule has 0 aliphatic rings. The standard InChI is InChI=1S/C20H22N4O4S/c1-20(2,3)28-19(27)21-10-9-15(25)23-24-12-22-17-16(18(24)26)14(11-29-17)13-7-5-4-6-8-13/h4-8,11-12H,9-10H2,1-3H3,(H,21,27)(H,23,25). The molecule has 0 saturated carbocycles. The van der Waals surface area contributed by atoms with Gasteiger partial charge in [-0.2, -0.15) is 0 Å². The van der Waals surface area contributed by atoms with Gasteiger partial charge < -0.3 is 10.1 Å². The second-order valence-electron chi connectivity index (χ2n) is 7.33. The normalized spacial score (nSPS) is 11.3. The largest absolute Gasteiger partial charge is 0.444 e. The molecule has 29 heavy (non-hydrogen) atoms. The summed E-state index contributed by atoms with van der Waals surface area (Å²) in [4.78, 5) is 41.5. The van der Waals surface area contributed by atoms with Gasteiger partial charge >= 0.3 is 6.09 Å². The first-order chi connectivity index (χ1) is 13.7. The average Bonchev–Trinajstić information content (AvgIpc) is 3.08. The molecule has 3 rings (SSSR count). The Morgan fingerprint density at radius 3 is 2.62 bits per heavy atom. The monoisotopic (exact) mass is 414 g/mol. The van der Waals surface area contributed by atoms with E-state index in [2.05, 4.69) is 15.7 Å². The Kier molecular flexibility index (Phi) is 5.97. The SMILES string of the molecule is CC(C)(C)OC(=O)NCCC(=O)Nn1cnc2scc(-c3ccccc3)c2c1=O. The summed E-state index contributed by atoms with van der Waals surface area (Å²) in [5.74, 6) is -0.430. The molecule has 2 heterocycles. The van der Waals surface area contributed by atoms with E-state index in [1.165, 1.54) is 17.7 Å². The molecular formula is C20H22N4O4S. The molecule has 8 nitrogen and oxygen atoms in total. The molecule has 1 aromatic carbocycles. The minimum Gasteiger partial charge on any atom is -0.444 e. The topological polar surface area (TPSA) is 102 Å². The molecule has 2 N–H and O–H groups in total. The molecule has 0 radical (unpaired) electrons. The van der Waals surface area contributed by atoms with Crippen molar-refractivity contribution in [2.75, 3.05) is 12.0 Å². The zero-order valence-corrected chi connectivity index (χ0v) is 17.2. The molecule has 0 fully saturated rings. The number of amides is 2. The number of carbonyl (C=O) groups excluding carboxylic acids is 2. The minimum absolute atomic E-state index is 0.0150. The van der Waals surface area contributed by atoms with Gasteiger partial charge in [0.2, 0.25) is 5.91 Å². The summed E-state index contributed by atoms with van der Waals surface area (Å²) in [5.41, 5.74) is 3.22. The number of aromatic nitrogens is 2. The smallest absolute Gasteiger partial charge is 0.407 e. The molecule has 2 amide bonds. The number of carbonyl (C=O) groups is 2. The fourth-order valence-electron chi connectivity index (χ4n) is 2.62. The summed E-state index contributed by atoms with van der Waals surface area (Å²) < 4.78 is 6.17. The second-order valence-corrected chi connectivity index (χ2v) is 8.19. The lowest BCUT2D eigenvalue weighted by Crippen LogP contribution is -2.37. The molecule has 3 aromatic rings. The summed E-state index contributed by atoms with van der Waals surface area (Å²) in [7, 11) is 0. The van der Waals surface area contributed by atoms with Crippen LogP contribution in [0, 0.1) is 0 Å². The highest BCUT2D eigenvalue weighted by Gasteiger charge is 2.17. The lowest BCUT2D eigenvalue weighted by atomic mass is 10.1. The minimum atomic E-state index is -0.613. The Balaban J connectivity index is 1.69. The summed E-state index contributed by atoms with van der Waals surface area (Å²) in [6, 6.07) is 9.53. The number of ether oxygens (including phenoxy) is 1. The summed E-state index contributed by atoms with van der Waals surface area (Å²) in [6.07, 6.45) is 0.671. The zero-order chi connectivity index (χ0) is 21.0. The van der Waals surface area contributed by atoms with Crippen LogP contribution in [0.15, 0.2) is 46.8 Å². The van der Waals surface area contributed by atoms with Gasteiger partial charge in [0.25, 0.3) is 5.56 Å². The van der Waals surface area contributed by atoms with Crippen LogP contribution in [0.2, 0.25) is 0 Å². The fourth-order valence-corrected chi connectivity index (χ4v) is 3.53. The van der Waals surface area contributed by atoms with E-state index in [0.29, 0.717) is 10.2 Å². The van der Waals surface area contributed by atoms with Crippen LogP contribution in [0.5, 0.6) is 0 Å². The number of rotatable bonds is 5. The van der Waals surface area contributed by atoms with Gasteiger partial charge in [-0.1, -0.05) is 30.3 Å². The Labute approximate surface area is 171 Å². The van der Waals surface area contributed by atoms with Crippen LogP contribution in [0.25, 0.3) is 21.3 Å². The highest BCUT2D eigenvalue weighted by atomic mass is 32.1. The highest BCUT2D eigenvalue weighted by molar-refractivity contribution is 7.17. The Hall–Kier alpha value is -3.20. The molecule has 0 unspecified atom stereocenters. The van der Waals surface area contributed by atoms with Gasteiger partial charge in [0, 0.05) is 23.9 Å². The van der Waals surface area contributed by atoms with Crippen molar-refractivity contribution in [1.29, 1.82) is 0 Å². The third-order valence-electron chi connectivity index (χ3n) is 3.84. The van der Waals surface area contributed by atoms with Crippen LogP contribution in [0.4, 0.5) is 4.79 Å². The number of thiophene rings is 1. The van der Waals surface area contributed by atoms with Gasteiger partial charge in [-0.25, -0.2) is 14.5 Å². The van der Waals surface area contributed by atoms with E-state index in [-0.39, 0.29) is 18.5 Å². The van der Waals surface area contributed by atoms with Crippen LogP contribution >= 0.6 is 11.3 Å². The third-order valence-corrected chi connectivity index (χ3v) is 4.73. The summed E-state index contributed by atoms with van der Waals surface area (Å²) >= 11 is 1.37. The number of nitrogens with one attached hydrogen (secondary N) is 2. The van der Waals surface area contributed by atoms with Gasteiger partial charge in [-0.15, -0.1) is 11.3 Å². The van der Waals surface area contributed by atoms with Crippen LogP contribution in [0.1, 0.15) is 27.2 Å². The number of benzene rings is 1. The van der Waals surface area contributed by atoms with Crippen molar-refractivity contribution in [3.8, 4) is 11.1 Å². The maximum atomic E-state index is 12.9. The van der Waals surface area contributed by atoms with Gasteiger partial charge in [-0.3, -0.25) is 15.0 Å². The zero-order valence-electron chi connectivity index (χ0n) is 16.4. The molecule has 0 atom stereocenters. The number of hydrogen-bond donors (Lipinski definition) is 2. The Bertz CT molecular complexity index is 1080. The molecule has 0 aliphatic heterocycles. The van der Waals surface area contributed by atoms with Gasteiger partial charge in [0.05, 0.1) is 5.39 Å². The van der Waals surface area contributed by atoms with Crippen molar-refractivity contribution in [3.05, 3.63) is 52.4 Å². The van der Waals surface area contributed by atoms with E-state index < -0.39 is 17.6 Å². The quantitative estimate of drug-likeness (QED) is 0.668. The van der Waals surface area contributed by atoms with E-state index in [1.807, 2.05) is 35.7 Å². The first-order valence-corrected chi connectivity index (χ1v) is 9.93. The van der Waals surface area contributed by atoms with E-state index in [9.17, 15) is 14.4 Å². The van der Waals surface area contributed by atoms with Crippen molar-refractivity contribution in [2.24, 2.45) is 0 Å². The number of alkyl carbamates (subject to hydrolysis) is 1. The van der Waals surface area contributed by atoms with Crippen LogP contribution in [0.3, 0.4) is 0 Å². The second kappa shape index (κ2) is 8.44. The van der Waals surface area contributed by atoms with Crippen LogP contribution < -0.4 is 16.3 Å². The molecule has 0 aliphatic carbocycles. The third kappa shape index (κ3) is 5.20. The van der Waals surface area contributed by atoms with E-state index >= 15 is 0 Å². The van der Waals surface area contributed by atoms with Crippen molar-refractivity contribution in [3.63, 3.8) is 0 Å². The van der Waals surface area contributed by atoms with Crippen molar-refractivity contribution < 1.29 is 14.3 Å². The molecular weight excluding hydrogens is 392 g/mol. The summed E-state index contributed by atoms with van der Waals surface area (Å²) in [5, 5.41) is 4.84. The van der Waals surface area contributed by atoms with Crippen molar-refractivity contribution in [2.45, 2.75) is 32.8 Å². The van der Waals surface area contributed by atoms with Gasteiger partial charge in [0.15, 0.2) is 0 Å². The highest BCUT2D eigenvalue weighted by Crippen LogP contribution is 2.30. The van der Waals surface area contributed by atoms with E-state index in [1.54, 1.807) is 20.8 Å². The average molecular weight is 414 g/mol. The van der Waals surface area contributed by atoms with E-state index in [0.717, 1.165) is 15.8 Å². The first kappa shape index (κ1) is 20.5. The van der Waals surface area contributed by atoms with Gasteiger partial charge in [-0.05, 0) is 26.3 Å². The molecule has 0 saturated heterocycles. The predicted octanol–water partition coefficient (Wildman–Crippen LogP) is 3.11. The summed E-state index contributed by atoms with van der Waals surface area (Å²) in [6.45, 7) is 5.34. The van der Waals surface area contributed by atoms with Crippen molar-refractivity contribution in [1.82, 2.24) is 15.0 Å². The predicted molar refractivity (Wildman–Crippen MR) is 113 cm³/mol. The van der Waals surface area contributed by atoms with Gasteiger partial charge in [0.1, 0.15) is 16.8 Å². The van der Waals surface area contributed by atoms with E-state index in [4.69, 9.17) is 4.74 Å².